The van der Waals surface area contributed by atoms with E-state index in [1.165, 1.54) is 6.07 Å². The van der Waals surface area contributed by atoms with Crippen LogP contribution in [-0.4, -0.2) is 19.1 Å². The van der Waals surface area contributed by atoms with E-state index >= 15 is 0 Å². The first-order valence-electron chi connectivity index (χ1n) is 5.12. The van der Waals surface area contributed by atoms with Crippen molar-refractivity contribution in [2.75, 3.05) is 24.1 Å². The molecule has 0 aliphatic heterocycles. The number of rotatable bonds is 5. The van der Waals surface area contributed by atoms with Gasteiger partial charge in [-0.25, -0.2) is 4.39 Å². The number of nitrogen functional groups attached to an aromatic ring is 1. The van der Waals surface area contributed by atoms with Crippen LogP contribution in [0.25, 0.3) is 0 Å². The van der Waals surface area contributed by atoms with Crippen LogP contribution in [0.5, 0.6) is 0 Å². The minimum atomic E-state index is -0.306. The van der Waals surface area contributed by atoms with Crippen molar-refractivity contribution in [3.8, 4) is 0 Å². The van der Waals surface area contributed by atoms with Gasteiger partial charge in [-0.05, 0) is 18.2 Å². The molecule has 0 amide bonds. The fraction of sp³-hybridized carbons (Fsp3) is 0.455. The molecule has 0 aliphatic rings. The summed E-state index contributed by atoms with van der Waals surface area (Å²) in [6, 6.07) is 5.10. The summed E-state index contributed by atoms with van der Waals surface area (Å²) in [5, 5.41) is 6.24. The molecule has 0 fully saturated rings. The highest BCUT2D eigenvalue weighted by Crippen LogP contribution is 2.16. The summed E-state index contributed by atoms with van der Waals surface area (Å²) in [6.07, 6.45) is 0. The van der Waals surface area contributed by atoms with Crippen LogP contribution in [0.4, 0.5) is 15.8 Å². The molecule has 15 heavy (non-hydrogen) atoms. The number of benzene rings is 1. The van der Waals surface area contributed by atoms with E-state index in [0.717, 1.165) is 6.54 Å². The SMILES string of the molecule is CC(C)NCCNc1ccc(N)cc1F. The molecule has 0 unspecified atom stereocenters. The van der Waals surface area contributed by atoms with Gasteiger partial charge in [0.25, 0.3) is 0 Å². The van der Waals surface area contributed by atoms with E-state index in [-0.39, 0.29) is 5.82 Å². The van der Waals surface area contributed by atoms with Crippen molar-refractivity contribution < 1.29 is 4.39 Å². The summed E-state index contributed by atoms with van der Waals surface area (Å²) in [5.41, 5.74) is 6.38. The Morgan fingerprint density at radius 3 is 2.67 bits per heavy atom. The number of nitrogens with one attached hydrogen (secondary N) is 2. The second-order valence-corrected chi connectivity index (χ2v) is 3.77. The first kappa shape index (κ1) is 11.8. The molecule has 3 nitrogen and oxygen atoms in total. The van der Waals surface area contributed by atoms with Crippen LogP contribution in [0.1, 0.15) is 13.8 Å². The minimum absolute atomic E-state index is 0.306. The van der Waals surface area contributed by atoms with Crippen LogP contribution in [0.15, 0.2) is 18.2 Å². The summed E-state index contributed by atoms with van der Waals surface area (Å²) < 4.78 is 13.3. The number of anilines is 2. The maximum atomic E-state index is 13.3. The molecular formula is C11H18FN3. The number of hydrogen-bond donors (Lipinski definition) is 3. The molecule has 1 rings (SSSR count). The third-order valence-corrected chi connectivity index (χ3v) is 1.99. The molecule has 0 saturated carbocycles. The summed E-state index contributed by atoms with van der Waals surface area (Å²) in [7, 11) is 0. The molecule has 0 bridgehead atoms. The van der Waals surface area contributed by atoms with Gasteiger partial charge in [-0.2, -0.15) is 0 Å². The molecule has 4 heteroatoms. The molecule has 1 aromatic rings. The molecule has 4 N–H and O–H groups in total. The van der Waals surface area contributed by atoms with E-state index in [9.17, 15) is 4.39 Å². The van der Waals surface area contributed by atoms with E-state index in [4.69, 9.17) is 5.73 Å². The average Bonchev–Trinajstić information content (AvgIpc) is 2.14. The highest BCUT2D eigenvalue weighted by atomic mass is 19.1. The first-order valence-corrected chi connectivity index (χ1v) is 5.12. The van der Waals surface area contributed by atoms with Gasteiger partial charge in [0.2, 0.25) is 0 Å². The molecule has 0 atom stereocenters. The summed E-state index contributed by atoms with van der Waals surface area (Å²) in [6.45, 7) is 5.65. The van der Waals surface area contributed by atoms with Crippen molar-refractivity contribution in [1.29, 1.82) is 0 Å². The Kier molecular flexibility index (Phi) is 4.37. The van der Waals surface area contributed by atoms with E-state index in [1.54, 1.807) is 12.1 Å². The van der Waals surface area contributed by atoms with Gasteiger partial charge in [0, 0.05) is 24.8 Å². The van der Waals surface area contributed by atoms with E-state index in [0.29, 0.717) is 24.0 Å². The van der Waals surface area contributed by atoms with Gasteiger partial charge in [0.05, 0.1) is 5.69 Å². The summed E-state index contributed by atoms with van der Waals surface area (Å²) in [5.74, 6) is -0.306. The van der Waals surface area contributed by atoms with Crippen LogP contribution < -0.4 is 16.4 Å². The van der Waals surface area contributed by atoms with Gasteiger partial charge in [-0.1, -0.05) is 13.8 Å². The molecule has 0 spiro atoms. The lowest BCUT2D eigenvalue weighted by molar-refractivity contribution is 0.598. The monoisotopic (exact) mass is 211 g/mol. The lowest BCUT2D eigenvalue weighted by atomic mass is 10.2. The van der Waals surface area contributed by atoms with Crippen LogP contribution in [-0.2, 0) is 0 Å². The zero-order valence-electron chi connectivity index (χ0n) is 9.18. The second kappa shape index (κ2) is 5.56. The molecular weight excluding hydrogens is 193 g/mol. The Morgan fingerprint density at radius 2 is 2.07 bits per heavy atom. The Balaban J connectivity index is 2.37. The molecule has 1 aromatic carbocycles. The smallest absolute Gasteiger partial charge is 0.148 e. The predicted octanol–water partition coefficient (Wildman–Crippen LogP) is 1.82. The van der Waals surface area contributed by atoms with E-state index in [1.807, 2.05) is 0 Å². The fourth-order valence-corrected chi connectivity index (χ4v) is 1.23. The number of halogens is 1. The van der Waals surface area contributed by atoms with Crippen molar-refractivity contribution in [2.45, 2.75) is 19.9 Å². The van der Waals surface area contributed by atoms with Crippen molar-refractivity contribution in [3.63, 3.8) is 0 Å². The van der Waals surface area contributed by atoms with Crippen molar-refractivity contribution >= 4 is 11.4 Å². The van der Waals surface area contributed by atoms with Gasteiger partial charge in [0.1, 0.15) is 5.82 Å². The molecule has 0 heterocycles. The number of hydrogen-bond acceptors (Lipinski definition) is 3. The minimum Gasteiger partial charge on any atom is -0.399 e. The largest absolute Gasteiger partial charge is 0.399 e. The van der Waals surface area contributed by atoms with Crippen molar-refractivity contribution in [3.05, 3.63) is 24.0 Å². The van der Waals surface area contributed by atoms with Crippen LogP contribution in [0.3, 0.4) is 0 Å². The molecule has 0 saturated heterocycles. The van der Waals surface area contributed by atoms with Gasteiger partial charge in [-0.3, -0.25) is 0 Å². The summed E-state index contributed by atoms with van der Waals surface area (Å²) >= 11 is 0. The maximum Gasteiger partial charge on any atom is 0.148 e. The number of nitrogens with two attached hydrogens (primary N) is 1. The lowest BCUT2D eigenvalue weighted by Crippen LogP contribution is -2.28. The van der Waals surface area contributed by atoms with Crippen LogP contribution in [0.2, 0.25) is 0 Å². The average molecular weight is 211 g/mol. The Morgan fingerprint density at radius 1 is 1.33 bits per heavy atom. The van der Waals surface area contributed by atoms with E-state index in [2.05, 4.69) is 24.5 Å². The molecule has 0 aromatic heterocycles. The van der Waals surface area contributed by atoms with E-state index < -0.39 is 0 Å². The van der Waals surface area contributed by atoms with Gasteiger partial charge >= 0.3 is 0 Å². The lowest BCUT2D eigenvalue weighted by Gasteiger charge is -2.10. The van der Waals surface area contributed by atoms with Crippen LogP contribution in [0, 0.1) is 5.82 Å². The van der Waals surface area contributed by atoms with Crippen molar-refractivity contribution in [1.82, 2.24) is 5.32 Å². The van der Waals surface area contributed by atoms with Gasteiger partial charge < -0.3 is 16.4 Å². The normalized spacial score (nSPS) is 10.7. The Bertz CT molecular complexity index is 313. The fourth-order valence-electron chi connectivity index (χ4n) is 1.23. The third-order valence-electron chi connectivity index (χ3n) is 1.99. The molecule has 84 valence electrons. The highest BCUT2D eigenvalue weighted by molar-refractivity contribution is 5.52. The van der Waals surface area contributed by atoms with Crippen molar-refractivity contribution in [2.24, 2.45) is 0 Å². The maximum absolute atomic E-state index is 13.3. The molecule has 0 aliphatic carbocycles. The zero-order chi connectivity index (χ0) is 11.3. The highest BCUT2D eigenvalue weighted by Gasteiger charge is 2.00. The van der Waals surface area contributed by atoms with Crippen LogP contribution >= 0.6 is 0 Å². The Hall–Kier alpha value is -1.29. The standard InChI is InChI=1S/C11H18FN3/c1-8(2)14-5-6-15-11-4-3-9(13)7-10(11)12/h3-4,7-8,14-15H,5-6,13H2,1-2H3. The van der Waals surface area contributed by atoms with Gasteiger partial charge in [-0.15, -0.1) is 0 Å². The topological polar surface area (TPSA) is 50.1 Å². The Labute approximate surface area is 89.9 Å². The quantitative estimate of drug-likeness (QED) is 0.514. The third kappa shape index (κ3) is 4.16. The molecule has 0 radical (unpaired) electrons. The predicted molar refractivity (Wildman–Crippen MR) is 62.4 cm³/mol. The van der Waals surface area contributed by atoms with Gasteiger partial charge in [0.15, 0.2) is 0 Å². The second-order valence-electron chi connectivity index (χ2n) is 3.77. The zero-order valence-corrected chi connectivity index (χ0v) is 9.18. The first-order chi connectivity index (χ1) is 7.09. The summed E-state index contributed by atoms with van der Waals surface area (Å²) in [4.78, 5) is 0.